The van der Waals surface area contributed by atoms with Crippen molar-refractivity contribution in [2.75, 3.05) is 6.54 Å². The summed E-state index contributed by atoms with van der Waals surface area (Å²) in [5.41, 5.74) is 0.148. The molecule has 24 heavy (non-hydrogen) atoms. The minimum absolute atomic E-state index is 0. The van der Waals surface area contributed by atoms with E-state index in [9.17, 15) is 17.7 Å². The molecule has 3 rings (SSSR count). The van der Waals surface area contributed by atoms with Gasteiger partial charge in [0.15, 0.2) is 0 Å². The average molecular weight is 365 g/mol. The van der Waals surface area contributed by atoms with Gasteiger partial charge in [0.25, 0.3) is 0 Å². The molecular weight excluding hydrogens is 345 g/mol. The van der Waals surface area contributed by atoms with E-state index >= 15 is 0 Å². The molecule has 1 aliphatic carbocycles. The van der Waals surface area contributed by atoms with Crippen LogP contribution in [0, 0.1) is 0 Å². The van der Waals surface area contributed by atoms with Crippen LogP contribution in [0.2, 0.25) is 0 Å². The third kappa shape index (κ3) is 4.20. The monoisotopic (exact) mass is 365 g/mol. The molecule has 1 aromatic carbocycles. The normalized spacial score (nSPS) is 18.7. The van der Waals surface area contributed by atoms with Gasteiger partial charge in [-0.1, -0.05) is 18.2 Å². The minimum Gasteiger partial charge on any atom is -0.445 e. The topological polar surface area (TPSA) is 29.5 Å². The second-order valence-electron chi connectivity index (χ2n) is 7.61. The maximum Gasteiger partial charge on any atom is 1.00 e. The number of fused-ring (bicyclic) bond motifs is 2. The van der Waals surface area contributed by atoms with E-state index in [0.717, 1.165) is 18.4 Å². The Bertz CT molecular complexity index is 654. The molecular formula is C16H20BF3KNO2. The van der Waals surface area contributed by atoms with Crippen molar-refractivity contribution in [1.29, 1.82) is 0 Å². The van der Waals surface area contributed by atoms with E-state index in [-0.39, 0.29) is 63.3 Å². The van der Waals surface area contributed by atoms with Crippen molar-refractivity contribution in [1.82, 2.24) is 4.90 Å². The standard InChI is InChI=1S/C16H20BF3NO2.K/c1-15(2,3)23-14(22)21-9-11-8-12(17(18,19)20)4-5-13(11)16(10-21)6-7-16;/h4-5,8H,6-7,9-10H2,1-3H3;/q-1;+1. The summed E-state index contributed by atoms with van der Waals surface area (Å²) >= 11 is 0. The largest absolute Gasteiger partial charge is 1.00 e. The quantitative estimate of drug-likeness (QED) is 0.680. The number of hydrogen-bond acceptors (Lipinski definition) is 2. The first-order valence-corrected chi connectivity index (χ1v) is 7.81. The molecule has 1 amide bonds. The molecule has 0 aromatic heterocycles. The van der Waals surface area contributed by atoms with E-state index in [4.69, 9.17) is 4.74 Å². The summed E-state index contributed by atoms with van der Waals surface area (Å²) in [6.07, 6.45) is 1.34. The maximum atomic E-state index is 13.0. The van der Waals surface area contributed by atoms with Gasteiger partial charge in [-0.3, -0.25) is 0 Å². The molecule has 1 spiro atoms. The second-order valence-corrected chi connectivity index (χ2v) is 7.61. The number of carbonyl (C=O) groups excluding carboxylic acids is 1. The zero-order valence-electron chi connectivity index (χ0n) is 14.5. The first-order chi connectivity index (χ1) is 10.5. The van der Waals surface area contributed by atoms with E-state index in [2.05, 4.69) is 0 Å². The van der Waals surface area contributed by atoms with Crippen LogP contribution in [-0.2, 0) is 16.7 Å². The summed E-state index contributed by atoms with van der Waals surface area (Å²) in [7, 11) is 0. The van der Waals surface area contributed by atoms with Crippen molar-refractivity contribution in [3.63, 3.8) is 0 Å². The molecule has 1 aliphatic heterocycles. The Hall–Kier alpha value is -0.0187. The fourth-order valence-corrected chi connectivity index (χ4v) is 3.21. The van der Waals surface area contributed by atoms with Crippen molar-refractivity contribution in [2.45, 2.75) is 51.2 Å². The third-order valence-corrected chi connectivity index (χ3v) is 4.44. The zero-order chi connectivity index (χ0) is 17.0. The summed E-state index contributed by atoms with van der Waals surface area (Å²) in [6.45, 7) is 0.991. The summed E-state index contributed by atoms with van der Waals surface area (Å²) in [5.74, 6) is 0. The first-order valence-electron chi connectivity index (χ1n) is 7.81. The Morgan fingerprint density at radius 2 is 1.88 bits per heavy atom. The van der Waals surface area contributed by atoms with Crippen LogP contribution in [0.4, 0.5) is 17.7 Å². The van der Waals surface area contributed by atoms with Crippen molar-refractivity contribution >= 4 is 18.5 Å². The molecule has 0 saturated heterocycles. The van der Waals surface area contributed by atoms with Crippen LogP contribution in [0.3, 0.4) is 0 Å². The predicted molar refractivity (Wildman–Crippen MR) is 82.7 cm³/mol. The minimum atomic E-state index is -5.03. The summed E-state index contributed by atoms with van der Waals surface area (Å²) in [4.78, 5) is 13.8. The van der Waals surface area contributed by atoms with E-state index in [1.165, 1.54) is 17.0 Å². The Labute approximate surface area is 182 Å². The number of amides is 1. The number of halogens is 3. The van der Waals surface area contributed by atoms with Crippen molar-refractivity contribution in [3.05, 3.63) is 29.3 Å². The van der Waals surface area contributed by atoms with Crippen LogP contribution >= 0.6 is 0 Å². The predicted octanol–water partition coefficient (Wildman–Crippen LogP) is 0.527. The molecule has 0 atom stereocenters. The number of hydrogen-bond donors (Lipinski definition) is 0. The molecule has 1 fully saturated rings. The van der Waals surface area contributed by atoms with Crippen LogP contribution < -0.4 is 56.8 Å². The molecule has 2 aliphatic rings. The van der Waals surface area contributed by atoms with E-state index in [1.54, 1.807) is 26.8 Å². The third-order valence-electron chi connectivity index (χ3n) is 4.44. The fourth-order valence-electron chi connectivity index (χ4n) is 3.21. The van der Waals surface area contributed by atoms with Gasteiger partial charge in [-0.25, -0.2) is 4.79 Å². The van der Waals surface area contributed by atoms with E-state index in [0.29, 0.717) is 12.1 Å². The van der Waals surface area contributed by atoms with Crippen LogP contribution in [0.15, 0.2) is 18.2 Å². The molecule has 1 aromatic rings. The smallest absolute Gasteiger partial charge is 0.445 e. The van der Waals surface area contributed by atoms with Gasteiger partial charge in [-0.05, 0) is 44.7 Å². The van der Waals surface area contributed by atoms with E-state index in [1.807, 2.05) is 0 Å². The van der Waals surface area contributed by atoms with Gasteiger partial charge in [0.05, 0.1) is 0 Å². The summed E-state index contributed by atoms with van der Waals surface area (Å²) < 4.78 is 44.4. The van der Waals surface area contributed by atoms with Gasteiger partial charge >= 0.3 is 64.5 Å². The van der Waals surface area contributed by atoms with Gasteiger partial charge in [0, 0.05) is 18.5 Å². The number of nitrogens with zero attached hydrogens (tertiary/aromatic N) is 1. The van der Waals surface area contributed by atoms with Gasteiger partial charge in [0.1, 0.15) is 5.60 Å². The number of benzene rings is 1. The van der Waals surface area contributed by atoms with Crippen LogP contribution in [0.25, 0.3) is 0 Å². The summed E-state index contributed by atoms with van der Waals surface area (Å²) in [5, 5.41) is 0. The van der Waals surface area contributed by atoms with Gasteiger partial charge in [-0.2, -0.15) is 0 Å². The zero-order valence-corrected chi connectivity index (χ0v) is 17.7. The van der Waals surface area contributed by atoms with Gasteiger partial charge < -0.3 is 22.6 Å². The number of rotatable bonds is 1. The summed E-state index contributed by atoms with van der Waals surface area (Å²) in [6, 6.07) is 3.97. The Kier molecular flexibility index (Phi) is 5.59. The second kappa shape index (κ2) is 6.61. The first kappa shape index (κ1) is 20.3. The average Bonchev–Trinajstić information content (AvgIpc) is 3.15. The SMILES string of the molecule is CC(C)(C)OC(=O)N1Cc2cc([B-](F)(F)F)ccc2C2(CC2)C1.[K+]. The van der Waals surface area contributed by atoms with Crippen molar-refractivity contribution in [3.8, 4) is 0 Å². The Morgan fingerprint density at radius 3 is 2.38 bits per heavy atom. The van der Waals surface area contributed by atoms with Crippen molar-refractivity contribution < 1.29 is 73.9 Å². The van der Waals surface area contributed by atoms with Crippen LogP contribution in [0.5, 0.6) is 0 Å². The van der Waals surface area contributed by atoms with E-state index < -0.39 is 24.1 Å². The number of ether oxygens (including phenoxy) is 1. The molecule has 0 radical (unpaired) electrons. The molecule has 1 saturated carbocycles. The molecule has 1 heterocycles. The molecule has 0 unspecified atom stereocenters. The Morgan fingerprint density at radius 1 is 1.25 bits per heavy atom. The number of carbonyl (C=O) groups is 1. The van der Waals surface area contributed by atoms with Gasteiger partial charge in [0.2, 0.25) is 0 Å². The molecule has 0 bridgehead atoms. The van der Waals surface area contributed by atoms with Crippen LogP contribution in [-0.4, -0.2) is 30.1 Å². The molecule has 8 heteroatoms. The molecule has 3 nitrogen and oxygen atoms in total. The van der Waals surface area contributed by atoms with Crippen molar-refractivity contribution in [2.24, 2.45) is 0 Å². The van der Waals surface area contributed by atoms with Gasteiger partial charge in [-0.15, -0.1) is 5.46 Å². The van der Waals surface area contributed by atoms with Crippen LogP contribution in [0.1, 0.15) is 44.7 Å². The fraction of sp³-hybridized carbons (Fsp3) is 0.562. The maximum absolute atomic E-state index is 13.0. The molecule has 126 valence electrons. The molecule has 0 N–H and O–H groups in total. The Balaban J connectivity index is 0.00000208.